The second-order valence-electron chi connectivity index (χ2n) is 5.94. The van der Waals surface area contributed by atoms with E-state index in [1.165, 1.54) is 19.3 Å². The minimum Gasteiger partial charge on any atom is -0.381 e. The molecular weight excluding hydrogens is 238 g/mol. The highest BCUT2D eigenvalue weighted by Crippen LogP contribution is 2.44. The maximum atomic E-state index is 11.6. The van der Waals surface area contributed by atoms with Crippen LogP contribution in [-0.4, -0.2) is 25.7 Å². The van der Waals surface area contributed by atoms with E-state index in [1.54, 1.807) is 6.08 Å². The van der Waals surface area contributed by atoms with Crippen molar-refractivity contribution in [2.24, 2.45) is 17.8 Å². The summed E-state index contributed by atoms with van der Waals surface area (Å²) in [6.45, 7) is 4.75. The third-order valence-electron chi connectivity index (χ3n) is 4.47. The van der Waals surface area contributed by atoms with Gasteiger partial charge in [-0.2, -0.15) is 0 Å². The van der Waals surface area contributed by atoms with Crippen LogP contribution in [0.2, 0.25) is 0 Å². The molecule has 2 aliphatic rings. The van der Waals surface area contributed by atoms with Gasteiger partial charge in [0.05, 0.1) is 0 Å². The van der Waals surface area contributed by atoms with Crippen LogP contribution in [0.3, 0.4) is 0 Å². The standard InChI is InChI=1S/C16H27NO2/c1-2-14-11-15(14)5-3-4-6-16(18)17-12-13-7-9-19-10-8-13/h4,6,13-15H,2-3,5,7-12H2,1H3,(H,17,18)/b6-4+. The van der Waals surface area contributed by atoms with E-state index in [2.05, 4.69) is 12.2 Å². The quantitative estimate of drug-likeness (QED) is 0.719. The number of nitrogens with one attached hydrogen (secondary N) is 1. The summed E-state index contributed by atoms with van der Waals surface area (Å²) in [5.74, 6) is 2.56. The van der Waals surface area contributed by atoms with Gasteiger partial charge < -0.3 is 10.1 Å². The van der Waals surface area contributed by atoms with Gasteiger partial charge in [0, 0.05) is 19.8 Å². The van der Waals surface area contributed by atoms with Crippen molar-refractivity contribution in [1.82, 2.24) is 5.32 Å². The molecule has 1 N–H and O–H groups in total. The molecule has 0 spiro atoms. The van der Waals surface area contributed by atoms with Gasteiger partial charge >= 0.3 is 0 Å². The van der Waals surface area contributed by atoms with Crippen LogP contribution in [0, 0.1) is 17.8 Å². The summed E-state index contributed by atoms with van der Waals surface area (Å²) in [5, 5.41) is 2.99. The highest BCUT2D eigenvalue weighted by Gasteiger charge is 2.33. The van der Waals surface area contributed by atoms with Gasteiger partial charge in [0.15, 0.2) is 0 Å². The lowest BCUT2D eigenvalue weighted by atomic mass is 10.0. The Labute approximate surface area is 116 Å². The van der Waals surface area contributed by atoms with Gasteiger partial charge in [0.2, 0.25) is 5.91 Å². The molecule has 0 aromatic carbocycles. The van der Waals surface area contributed by atoms with Gasteiger partial charge in [0.25, 0.3) is 0 Å². The lowest BCUT2D eigenvalue weighted by Crippen LogP contribution is -2.31. The van der Waals surface area contributed by atoms with Gasteiger partial charge in [-0.05, 0) is 55.9 Å². The third kappa shape index (κ3) is 5.35. The first-order valence-corrected chi connectivity index (χ1v) is 7.81. The van der Waals surface area contributed by atoms with Crippen LogP contribution in [0.25, 0.3) is 0 Å². The van der Waals surface area contributed by atoms with E-state index in [0.29, 0.717) is 5.92 Å². The van der Waals surface area contributed by atoms with E-state index < -0.39 is 0 Å². The van der Waals surface area contributed by atoms with E-state index in [-0.39, 0.29) is 5.91 Å². The van der Waals surface area contributed by atoms with Gasteiger partial charge in [-0.25, -0.2) is 0 Å². The monoisotopic (exact) mass is 265 g/mol. The zero-order valence-electron chi connectivity index (χ0n) is 12.1. The maximum absolute atomic E-state index is 11.6. The lowest BCUT2D eigenvalue weighted by molar-refractivity contribution is -0.116. The third-order valence-corrected chi connectivity index (χ3v) is 4.47. The van der Waals surface area contributed by atoms with Crippen molar-refractivity contribution in [3.8, 4) is 0 Å². The molecular formula is C16H27NO2. The molecule has 108 valence electrons. The molecule has 1 heterocycles. The molecule has 2 atom stereocenters. The number of amides is 1. The summed E-state index contributed by atoms with van der Waals surface area (Å²) in [7, 11) is 0. The summed E-state index contributed by atoms with van der Waals surface area (Å²) in [6, 6.07) is 0. The first-order chi connectivity index (χ1) is 9.29. The Morgan fingerprint density at radius 2 is 2.11 bits per heavy atom. The number of carbonyl (C=O) groups is 1. The van der Waals surface area contributed by atoms with Crippen LogP contribution in [-0.2, 0) is 9.53 Å². The lowest BCUT2D eigenvalue weighted by Gasteiger charge is -2.21. The zero-order valence-corrected chi connectivity index (χ0v) is 12.1. The van der Waals surface area contributed by atoms with Crippen LogP contribution in [0.1, 0.15) is 45.4 Å². The first kappa shape index (κ1) is 14.6. The molecule has 1 saturated carbocycles. The summed E-state index contributed by atoms with van der Waals surface area (Å²) >= 11 is 0. The fraction of sp³-hybridized carbons (Fsp3) is 0.812. The van der Waals surface area contributed by atoms with Crippen molar-refractivity contribution in [1.29, 1.82) is 0 Å². The summed E-state index contributed by atoms with van der Waals surface area (Å²) in [5.41, 5.74) is 0. The Morgan fingerprint density at radius 3 is 2.79 bits per heavy atom. The normalized spacial score (nSPS) is 27.6. The van der Waals surface area contributed by atoms with Crippen molar-refractivity contribution < 1.29 is 9.53 Å². The molecule has 0 bridgehead atoms. The average molecular weight is 265 g/mol. The van der Waals surface area contributed by atoms with Gasteiger partial charge in [-0.3, -0.25) is 4.79 Å². The average Bonchev–Trinajstić information content (AvgIpc) is 3.21. The molecule has 0 radical (unpaired) electrons. The smallest absolute Gasteiger partial charge is 0.243 e. The molecule has 1 aliphatic carbocycles. The first-order valence-electron chi connectivity index (χ1n) is 7.81. The summed E-state index contributed by atoms with van der Waals surface area (Å²) < 4.78 is 5.31. The topological polar surface area (TPSA) is 38.3 Å². The van der Waals surface area contributed by atoms with E-state index in [1.807, 2.05) is 6.08 Å². The molecule has 1 aliphatic heterocycles. The van der Waals surface area contributed by atoms with Gasteiger partial charge in [-0.15, -0.1) is 0 Å². The number of hydrogen-bond donors (Lipinski definition) is 1. The molecule has 2 rings (SSSR count). The van der Waals surface area contributed by atoms with E-state index >= 15 is 0 Å². The molecule has 1 saturated heterocycles. The maximum Gasteiger partial charge on any atom is 0.243 e. The molecule has 2 unspecified atom stereocenters. The Bertz CT molecular complexity index is 308. The second kappa shape index (κ2) is 7.68. The number of carbonyl (C=O) groups excluding carboxylic acids is 1. The molecule has 3 nitrogen and oxygen atoms in total. The van der Waals surface area contributed by atoms with Gasteiger partial charge in [0.1, 0.15) is 0 Å². The molecule has 0 aromatic heterocycles. The SMILES string of the molecule is CCC1CC1CC/C=C/C(=O)NCC1CCOCC1. The van der Waals surface area contributed by atoms with Crippen molar-refractivity contribution in [2.75, 3.05) is 19.8 Å². The number of allylic oxidation sites excluding steroid dienone is 1. The number of hydrogen-bond acceptors (Lipinski definition) is 2. The van der Waals surface area contributed by atoms with E-state index in [4.69, 9.17) is 4.74 Å². The molecule has 3 heteroatoms. The van der Waals surface area contributed by atoms with Crippen molar-refractivity contribution in [2.45, 2.75) is 45.4 Å². The van der Waals surface area contributed by atoms with E-state index in [0.717, 1.165) is 50.9 Å². The van der Waals surface area contributed by atoms with Crippen molar-refractivity contribution >= 4 is 5.91 Å². The predicted octanol–water partition coefficient (Wildman–Crippen LogP) is 2.91. The molecule has 19 heavy (non-hydrogen) atoms. The minimum absolute atomic E-state index is 0.0642. The fourth-order valence-electron chi connectivity index (χ4n) is 2.92. The predicted molar refractivity (Wildman–Crippen MR) is 76.8 cm³/mol. The Morgan fingerprint density at radius 1 is 1.32 bits per heavy atom. The number of ether oxygens (including phenoxy) is 1. The zero-order chi connectivity index (χ0) is 13.5. The highest BCUT2D eigenvalue weighted by molar-refractivity contribution is 5.87. The fourth-order valence-corrected chi connectivity index (χ4v) is 2.92. The van der Waals surface area contributed by atoms with Crippen molar-refractivity contribution in [3.05, 3.63) is 12.2 Å². The number of rotatable bonds is 7. The van der Waals surface area contributed by atoms with Crippen LogP contribution < -0.4 is 5.32 Å². The Hall–Kier alpha value is -0.830. The van der Waals surface area contributed by atoms with Gasteiger partial charge in [-0.1, -0.05) is 19.4 Å². The summed E-state index contributed by atoms with van der Waals surface area (Å²) in [6.07, 6.45) is 10.9. The Kier molecular flexibility index (Phi) is 5.90. The second-order valence-corrected chi connectivity index (χ2v) is 5.94. The van der Waals surface area contributed by atoms with Crippen LogP contribution in [0.5, 0.6) is 0 Å². The molecule has 0 aromatic rings. The summed E-state index contributed by atoms with van der Waals surface area (Å²) in [4.78, 5) is 11.6. The molecule has 2 fully saturated rings. The molecule has 1 amide bonds. The Balaban J connectivity index is 1.51. The van der Waals surface area contributed by atoms with E-state index in [9.17, 15) is 4.79 Å². The highest BCUT2D eigenvalue weighted by atomic mass is 16.5. The van der Waals surface area contributed by atoms with Crippen LogP contribution in [0.15, 0.2) is 12.2 Å². The minimum atomic E-state index is 0.0642. The van der Waals surface area contributed by atoms with Crippen molar-refractivity contribution in [3.63, 3.8) is 0 Å². The van der Waals surface area contributed by atoms with Crippen LogP contribution in [0.4, 0.5) is 0 Å². The van der Waals surface area contributed by atoms with Crippen LogP contribution >= 0.6 is 0 Å². The largest absolute Gasteiger partial charge is 0.381 e.